The van der Waals surface area contributed by atoms with Gasteiger partial charge in [0.15, 0.2) is 0 Å². The molecule has 14 heavy (non-hydrogen) atoms. The predicted molar refractivity (Wildman–Crippen MR) is 58.1 cm³/mol. The van der Waals surface area contributed by atoms with Gasteiger partial charge in [-0.15, -0.1) is 0 Å². The topological polar surface area (TPSA) is 24.9 Å². The molecular weight excluding hydrogens is 172 g/mol. The third-order valence-electron chi connectivity index (χ3n) is 2.92. The second-order valence-corrected chi connectivity index (χ2v) is 4.17. The summed E-state index contributed by atoms with van der Waals surface area (Å²) in [5.74, 6) is 0. The van der Waals surface area contributed by atoms with Crippen molar-refractivity contribution in [1.29, 1.82) is 0 Å². The molecule has 2 heteroatoms. The molecule has 0 atom stereocenters. The van der Waals surface area contributed by atoms with Crippen molar-refractivity contribution < 1.29 is 0 Å². The Labute approximate surface area is 85.7 Å². The molecule has 1 aromatic heterocycles. The Morgan fingerprint density at radius 3 is 2.79 bits per heavy atom. The molecule has 1 heterocycles. The van der Waals surface area contributed by atoms with Gasteiger partial charge in [-0.25, -0.2) is 0 Å². The molecule has 1 N–H and O–H groups in total. The molecule has 1 aliphatic rings. The minimum absolute atomic E-state index is 0.747. The molecule has 1 saturated carbocycles. The zero-order valence-electron chi connectivity index (χ0n) is 8.79. The van der Waals surface area contributed by atoms with Crippen LogP contribution in [0.2, 0.25) is 0 Å². The Kier molecular flexibility index (Phi) is 3.14. The normalized spacial score (nSPS) is 17.5. The third kappa shape index (κ3) is 2.55. The molecule has 1 fully saturated rings. The summed E-state index contributed by atoms with van der Waals surface area (Å²) in [7, 11) is 0. The Bertz CT molecular complexity index is 273. The quantitative estimate of drug-likeness (QED) is 0.791. The fourth-order valence-corrected chi connectivity index (χ4v) is 2.00. The number of hydrogen-bond donors (Lipinski definition) is 1. The van der Waals surface area contributed by atoms with Gasteiger partial charge in [0.2, 0.25) is 0 Å². The highest BCUT2D eigenvalue weighted by Crippen LogP contribution is 2.17. The lowest BCUT2D eigenvalue weighted by molar-refractivity contribution is 0.523. The summed E-state index contributed by atoms with van der Waals surface area (Å²) in [6.07, 6.45) is 7.45. The van der Waals surface area contributed by atoms with E-state index in [1.807, 2.05) is 13.1 Å². The molecule has 1 aromatic rings. The van der Waals surface area contributed by atoms with Crippen LogP contribution in [0.15, 0.2) is 18.3 Å². The van der Waals surface area contributed by atoms with Crippen LogP contribution in [0.25, 0.3) is 0 Å². The molecule has 76 valence electrons. The van der Waals surface area contributed by atoms with Gasteiger partial charge in [0.25, 0.3) is 0 Å². The summed E-state index contributed by atoms with van der Waals surface area (Å²) in [6, 6.07) is 4.98. The van der Waals surface area contributed by atoms with Crippen LogP contribution < -0.4 is 5.32 Å². The summed E-state index contributed by atoms with van der Waals surface area (Å²) in [4.78, 5) is 4.28. The van der Waals surface area contributed by atoms with Crippen LogP contribution in [0.4, 0.5) is 0 Å². The van der Waals surface area contributed by atoms with Gasteiger partial charge in [-0.2, -0.15) is 0 Å². The molecule has 0 radical (unpaired) electrons. The van der Waals surface area contributed by atoms with E-state index in [1.165, 1.54) is 31.2 Å². The van der Waals surface area contributed by atoms with E-state index in [0.717, 1.165) is 18.3 Å². The van der Waals surface area contributed by atoms with E-state index in [2.05, 4.69) is 22.4 Å². The number of aryl methyl sites for hydroxylation is 1. The van der Waals surface area contributed by atoms with Crippen LogP contribution in [0.1, 0.15) is 36.9 Å². The first-order chi connectivity index (χ1) is 6.84. The van der Waals surface area contributed by atoms with Gasteiger partial charge in [-0.3, -0.25) is 4.98 Å². The maximum absolute atomic E-state index is 4.28. The molecule has 0 saturated heterocycles. The highest BCUT2D eigenvalue weighted by atomic mass is 14.9. The first-order valence-corrected chi connectivity index (χ1v) is 5.49. The smallest absolute Gasteiger partial charge is 0.0372 e. The molecule has 2 rings (SSSR count). The summed E-state index contributed by atoms with van der Waals surface area (Å²) < 4.78 is 0. The van der Waals surface area contributed by atoms with Crippen molar-refractivity contribution in [2.75, 3.05) is 0 Å². The molecule has 0 bridgehead atoms. The van der Waals surface area contributed by atoms with Crippen LogP contribution in [0, 0.1) is 6.92 Å². The van der Waals surface area contributed by atoms with Crippen LogP contribution in [-0.4, -0.2) is 11.0 Å². The Balaban J connectivity index is 1.82. The number of nitrogens with zero attached hydrogens (tertiary/aromatic N) is 1. The number of pyridine rings is 1. The molecule has 0 aliphatic heterocycles. The zero-order valence-corrected chi connectivity index (χ0v) is 8.79. The largest absolute Gasteiger partial charge is 0.310 e. The fraction of sp³-hybridized carbons (Fsp3) is 0.583. The van der Waals surface area contributed by atoms with E-state index >= 15 is 0 Å². The minimum atomic E-state index is 0.747. The zero-order chi connectivity index (χ0) is 9.80. The van der Waals surface area contributed by atoms with Crippen molar-refractivity contribution in [3.8, 4) is 0 Å². The van der Waals surface area contributed by atoms with Crippen LogP contribution >= 0.6 is 0 Å². The van der Waals surface area contributed by atoms with Crippen molar-refractivity contribution in [3.05, 3.63) is 29.6 Å². The van der Waals surface area contributed by atoms with Crippen LogP contribution in [0.5, 0.6) is 0 Å². The van der Waals surface area contributed by atoms with Crippen molar-refractivity contribution >= 4 is 0 Å². The van der Waals surface area contributed by atoms with E-state index in [4.69, 9.17) is 0 Å². The maximum atomic E-state index is 4.28. The standard InChI is InChI=1S/C12H18N2/c1-10-6-7-11(8-13-10)9-14-12-4-2-3-5-12/h6-8,12,14H,2-5,9H2,1H3. The lowest BCUT2D eigenvalue weighted by Crippen LogP contribution is -2.25. The first kappa shape index (κ1) is 9.66. The van der Waals surface area contributed by atoms with E-state index in [-0.39, 0.29) is 0 Å². The molecule has 0 aromatic carbocycles. The van der Waals surface area contributed by atoms with Crippen molar-refractivity contribution in [2.24, 2.45) is 0 Å². The fourth-order valence-electron chi connectivity index (χ4n) is 2.00. The lowest BCUT2D eigenvalue weighted by Gasteiger charge is -2.11. The van der Waals surface area contributed by atoms with E-state index < -0.39 is 0 Å². The molecule has 2 nitrogen and oxygen atoms in total. The van der Waals surface area contributed by atoms with Gasteiger partial charge >= 0.3 is 0 Å². The third-order valence-corrected chi connectivity index (χ3v) is 2.92. The average molecular weight is 190 g/mol. The molecule has 0 amide bonds. The van der Waals surface area contributed by atoms with Crippen LogP contribution in [-0.2, 0) is 6.54 Å². The van der Waals surface area contributed by atoms with Crippen molar-refractivity contribution in [2.45, 2.75) is 45.2 Å². The predicted octanol–water partition coefficient (Wildman–Crippen LogP) is 2.42. The molecular formula is C12H18N2. The lowest BCUT2D eigenvalue weighted by atomic mass is 10.2. The molecule has 0 unspecified atom stereocenters. The van der Waals surface area contributed by atoms with Gasteiger partial charge in [0, 0.05) is 24.5 Å². The SMILES string of the molecule is Cc1ccc(CNC2CCCC2)cn1. The Morgan fingerprint density at radius 1 is 1.36 bits per heavy atom. The van der Waals surface area contributed by atoms with Gasteiger partial charge in [0.05, 0.1) is 0 Å². The van der Waals surface area contributed by atoms with Gasteiger partial charge < -0.3 is 5.32 Å². The van der Waals surface area contributed by atoms with E-state index in [9.17, 15) is 0 Å². The minimum Gasteiger partial charge on any atom is -0.310 e. The molecule has 0 spiro atoms. The second kappa shape index (κ2) is 4.56. The average Bonchev–Trinajstić information content (AvgIpc) is 2.70. The van der Waals surface area contributed by atoms with Crippen molar-refractivity contribution in [1.82, 2.24) is 10.3 Å². The first-order valence-electron chi connectivity index (χ1n) is 5.49. The summed E-state index contributed by atoms with van der Waals surface area (Å²) in [5.41, 5.74) is 2.39. The highest BCUT2D eigenvalue weighted by molar-refractivity contribution is 5.12. The van der Waals surface area contributed by atoms with E-state index in [1.54, 1.807) is 0 Å². The second-order valence-electron chi connectivity index (χ2n) is 4.17. The number of rotatable bonds is 3. The number of hydrogen-bond acceptors (Lipinski definition) is 2. The van der Waals surface area contributed by atoms with Gasteiger partial charge in [-0.05, 0) is 31.4 Å². The summed E-state index contributed by atoms with van der Waals surface area (Å²) in [6.45, 7) is 2.99. The maximum Gasteiger partial charge on any atom is 0.0372 e. The summed E-state index contributed by atoms with van der Waals surface area (Å²) >= 11 is 0. The van der Waals surface area contributed by atoms with Gasteiger partial charge in [-0.1, -0.05) is 18.9 Å². The number of nitrogens with one attached hydrogen (secondary N) is 1. The van der Waals surface area contributed by atoms with Crippen LogP contribution in [0.3, 0.4) is 0 Å². The summed E-state index contributed by atoms with van der Waals surface area (Å²) in [5, 5.41) is 3.58. The molecule has 1 aliphatic carbocycles. The number of aromatic nitrogens is 1. The Hall–Kier alpha value is -0.890. The van der Waals surface area contributed by atoms with E-state index in [0.29, 0.717) is 0 Å². The highest BCUT2D eigenvalue weighted by Gasteiger charge is 2.13. The Morgan fingerprint density at radius 2 is 2.14 bits per heavy atom. The monoisotopic (exact) mass is 190 g/mol. The van der Waals surface area contributed by atoms with Crippen molar-refractivity contribution in [3.63, 3.8) is 0 Å². The van der Waals surface area contributed by atoms with Gasteiger partial charge in [0.1, 0.15) is 0 Å².